The van der Waals surface area contributed by atoms with Crippen molar-refractivity contribution < 1.29 is 36.1 Å². The Bertz CT molecular complexity index is 1520. The van der Waals surface area contributed by atoms with Gasteiger partial charge in [-0.15, -0.1) is 0 Å². The van der Waals surface area contributed by atoms with E-state index in [2.05, 4.69) is 5.32 Å². The number of carbonyl (C=O) groups is 3. The van der Waals surface area contributed by atoms with Crippen molar-refractivity contribution in [3.05, 3.63) is 88.7 Å². The number of urea groups is 1. The SMILES string of the molecule is CCOc1cc(/C=C2\C(=O)NC(=O)N(c3ccc(F)cc3)C2=O)cc(Cl)c1OS(=O)(=O)c1ccccc1. The normalized spacial score (nSPS) is 15.1. The fraction of sp³-hybridized carbons (Fsp3) is 0.0800. The van der Waals surface area contributed by atoms with Crippen molar-refractivity contribution in [1.29, 1.82) is 0 Å². The number of amides is 4. The van der Waals surface area contributed by atoms with E-state index in [1.54, 1.807) is 13.0 Å². The Labute approximate surface area is 216 Å². The second kappa shape index (κ2) is 10.4. The fourth-order valence-corrected chi connectivity index (χ4v) is 4.69. The van der Waals surface area contributed by atoms with Crippen molar-refractivity contribution in [2.24, 2.45) is 0 Å². The van der Waals surface area contributed by atoms with Gasteiger partial charge in [0.15, 0.2) is 5.75 Å². The lowest BCUT2D eigenvalue weighted by Gasteiger charge is -2.26. The van der Waals surface area contributed by atoms with E-state index in [-0.39, 0.29) is 39.3 Å². The summed E-state index contributed by atoms with van der Waals surface area (Å²) >= 11 is 6.33. The summed E-state index contributed by atoms with van der Waals surface area (Å²) in [6.45, 7) is 1.77. The maximum atomic E-state index is 13.3. The van der Waals surface area contributed by atoms with Gasteiger partial charge in [-0.25, -0.2) is 14.1 Å². The van der Waals surface area contributed by atoms with Crippen molar-refractivity contribution in [1.82, 2.24) is 5.32 Å². The topological polar surface area (TPSA) is 119 Å². The third-order valence-electron chi connectivity index (χ3n) is 5.05. The largest absolute Gasteiger partial charge is 0.490 e. The molecule has 1 N–H and O–H groups in total. The predicted molar refractivity (Wildman–Crippen MR) is 132 cm³/mol. The first kappa shape index (κ1) is 25.9. The highest BCUT2D eigenvalue weighted by molar-refractivity contribution is 7.87. The number of hydrogen-bond acceptors (Lipinski definition) is 7. The minimum atomic E-state index is -4.25. The third-order valence-corrected chi connectivity index (χ3v) is 6.57. The molecule has 0 radical (unpaired) electrons. The summed E-state index contributed by atoms with van der Waals surface area (Å²) in [5.74, 6) is -2.83. The van der Waals surface area contributed by atoms with Crippen LogP contribution in [0.5, 0.6) is 11.5 Å². The van der Waals surface area contributed by atoms with Crippen molar-refractivity contribution in [2.75, 3.05) is 11.5 Å². The van der Waals surface area contributed by atoms with Crippen LogP contribution in [0.3, 0.4) is 0 Å². The molecule has 0 aromatic heterocycles. The molecular weight excluding hydrogens is 527 g/mol. The van der Waals surface area contributed by atoms with E-state index in [9.17, 15) is 27.2 Å². The van der Waals surface area contributed by atoms with E-state index in [4.69, 9.17) is 20.5 Å². The van der Waals surface area contributed by atoms with E-state index in [0.29, 0.717) is 4.90 Å². The summed E-state index contributed by atoms with van der Waals surface area (Å²) in [4.78, 5) is 38.4. The first-order valence-corrected chi connectivity index (χ1v) is 12.5. The summed E-state index contributed by atoms with van der Waals surface area (Å²) in [6.07, 6.45) is 1.16. The van der Waals surface area contributed by atoms with Gasteiger partial charge in [0.25, 0.3) is 11.8 Å². The van der Waals surface area contributed by atoms with Gasteiger partial charge >= 0.3 is 16.1 Å². The van der Waals surface area contributed by atoms with Gasteiger partial charge in [0.1, 0.15) is 16.3 Å². The number of anilines is 1. The Morgan fingerprint density at radius 2 is 1.70 bits per heavy atom. The van der Waals surface area contributed by atoms with Crippen LogP contribution < -0.4 is 19.1 Å². The fourth-order valence-electron chi connectivity index (χ4n) is 3.41. The number of nitrogens with zero attached hydrogens (tertiary/aromatic N) is 1. The Kier molecular flexibility index (Phi) is 7.28. The second-order valence-electron chi connectivity index (χ2n) is 7.55. The highest BCUT2D eigenvalue weighted by atomic mass is 35.5. The predicted octanol–water partition coefficient (Wildman–Crippen LogP) is 4.31. The molecule has 0 atom stereocenters. The number of nitrogens with one attached hydrogen (secondary N) is 1. The number of ether oxygens (including phenoxy) is 1. The van der Waals surface area contributed by atoms with Crippen molar-refractivity contribution in [3.63, 3.8) is 0 Å². The third kappa shape index (κ3) is 5.47. The summed E-state index contributed by atoms with van der Waals surface area (Å²) in [7, 11) is -4.25. The number of barbiturate groups is 1. The molecule has 37 heavy (non-hydrogen) atoms. The molecule has 1 saturated heterocycles. The number of rotatable bonds is 7. The zero-order valence-corrected chi connectivity index (χ0v) is 20.7. The molecule has 1 fully saturated rings. The van der Waals surface area contributed by atoms with Crippen LogP contribution in [-0.4, -0.2) is 32.9 Å². The monoisotopic (exact) mass is 544 g/mol. The quantitative estimate of drug-likeness (QED) is 0.267. The number of carbonyl (C=O) groups excluding carboxylic acids is 3. The van der Waals surface area contributed by atoms with Crippen LogP contribution in [0.15, 0.2) is 77.2 Å². The Morgan fingerprint density at radius 3 is 2.35 bits per heavy atom. The minimum Gasteiger partial charge on any atom is -0.490 e. The van der Waals surface area contributed by atoms with Crippen LogP contribution in [0.2, 0.25) is 5.02 Å². The molecule has 0 spiro atoms. The van der Waals surface area contributed by atoms with Crippen LogP contribution in [0, 0.1) is 5.82 Å². The van der Waals surface area contributed by atoms with Crippen LogP contribution in [0.25, 0.3) is 6.08 Å². The van der Waals surface area contributed by atoms with Crippen LogP contribution >= 0.6 is 11.6 Å². The minimum absolute atomic E-state index is 0.0465. The van der Waals surface area contributed by atoms with E-state index in [0.717, 1.165) is 18.2 Å². The van der Waals surface area contributed by atoms with E-state index in [1.165, 1.54) is 48.5 Å². The molecule has 4 rings (SSSR count). The van der Waals surface area contributed by atoms with E-state index >= 15 is 0 Å². The molecule has 1 aliphatic heterocycles. The molecule has 9 nitrogen and oxygen atoms in total. The van der Waals surface area contributed by atoms with Gasteiger partial charge in [0.05, 0.1) is 17.3 Å². The number of halogens is 2. The maximum Gasteiger partial charge on any atom is 0.339 e. The average molecular weight is 545 g/mol. The first-order chi connectivity index (χ1) is 17.6. The molecule has 190 valence electrons. The summed E-state index contributed by atoms with van der Waals surface area (Å²) in [5, 5.41) is 1.88. The summed E-state index contributed by atoms with van der Waals surface area (Å²) < 4.78 is 49.5. The molecular formula is C25H18ClFN2O7S. The van der Waals surface area contributed by atoms with Crippen LogP contribution in [-0.2, 0) is 19.7 Å². The van der Waals surface area contributed by atoms with Gasteiger partial charge in [-0.1, -0.05) is 29.8 Å². The van der Waals surface area contributed by atoms with Gasteiger partial charge in [0, 0.05) is 0 Å². The lowest BCUT2D eigenvalue weighted by molar-refractivity contribution is -0.122. The number of hydrogen-bond donors (Lipinski definition) is 1. The van der Waals surface area contributed by atoms with Crippen LogP contribution in [0.1, 0.15) is 12.5 Å². The molecule has 12 heteroatoms. The molecule has 1 heterocycles. The Balaban J connectivity index is 1.72. The first-order valence-electron chi connectivity index (χ1n) is 10.7. The zero-order valence-electron chi connectivity index (χ0n) is 19.1. The maximum absolute atomic E-state index is 13.3. The average Bonchev–Trinajstić information content (AvgIpc) is 2.85. The van der Waals surface area contributed by atoms with E-state index < -0.39 is 39.4 Å². The van der Waals surface area contributed by atoms with Gasteiger partial charge in [-0.05, 0) is 67.1 Å². The standard InChI is InChI=1S/C25H18ClFN2O7S/c1-2-35-21-14-15(13-20(26)22(21)36-37(33,34)18-6-4-3-5-7-18)12-19-23(30)28-25(32)29(24(19)31)17-10-8-16(27)9-11-17/h3-14H,2H2,1H3,(H,28,30,32)/b19-12+. The van der Waals surface area contributed by atoms with Gasteiger partial charge in [-0.2, -0.15) is 8.42 Å². The Morgan fingerprint density at radius 1 is 1.03 bits per heavy atom. The molecule has 0 bridgehead atoms. The zero-order chi connectivity index (χ0) is 26.7. The molecule has 3 aromatic rings. The summed E-state index contributed by atoms with van der Waals surface area (Å²) in [6, 6.07) is 13.6. The molecule has 0 saturated carbocycles. The molecule has 0 aliphatic carbocycles. The van der Waals surface area contributed by atoms with Crippen molar-refractivity contribution >= 4 is 51.3 Å². The highest BCUT2D eigenvalue weighted by Crippen LogP contribution is 2.39. The van der Waals surface area contributed by atoms with Gasteiger partial charge in [-0.3, -0.25) is 14.9 Å². The molecule has 0 unspecified atom stereocenters. The van der Waals surface area contributed by atoms with Crippen molar-refractivity contribution in [3.8, 4) is 11.5 Å². The Hall–Kier alpha value is -4.22. The van der Waals surface area contributed by atoms with Crippen LogP contribution in [0.4, 0.5) is 14.9 Å². The number of benzene rings is 3. The smallest absolute Gasteiger partial charge is 0.339 e. The van der Waals surface area contributed by atoms with Crippen molar-refractivity contribution in [2.45, 2.75) is 11.8 Å². The highest BCUT2D eigenvalue weighted by Gasteiger charge is 2.37. The molecule has 3 aromatic carbocycles. The molecule has 4 amide bonds. The van der Waals surface area contributed by atoms with E-state index in [1.807, 2.05) is 0 Å². The van der Waals surface area contributed by atoms with Gasteiger partial charge in [0.2, 0.25) is 5.75 Å². The lowest BCUT2D eigenvalue weighted by atomic mass is 10.1. The molecule has 1 aliphatic rings. The summed E-state index contributed by atoms with van der Waals surface area (Å²) in [5.41, 5.74) is -0.192. The second-order valence-corrected chi connectivity index (χ2v) is 9.50. The van der Waals surface area contributed by atoms with Gasteiger partial charge < -0.3 is 8.92 Å². The number of imide groups is 2. The lowest BCUT2D eigenvalue weighted by Crippen LogP contribution is -2.54.